The Hall–Kier alpha value is -2.01. The van der Waals surface area contributed by atoms with Crippen molar-refractivity contribution in [3.05, 3.63) is 18.1 Å². The summed E-state index contributed by atoms with van der Waals surface area (Å²) in [6, 6.07) is 0. The number of aliphatic hydroxyl groups is 1. The minimum absolute atomic E-state index is 0.175. The van der Waals surface area contributed by atoms with E-state index in [0.717, 1.165) is 6.33 Å². The fraction of sp³-hybridized carbons (Fsp3) is 0.615. The highest BCUT2D eigenvalue weighted by molar-refractivity contribution is 5.68. The molecular weight excluding hydrogens is 306 g/mol. The van der Waals surface area contributed by atoms with Gasteiger partial charge in [0, 0.05) is 0 Å². The molecule has 10 nitrogen and oxygen atoms in total. The van der Waals surface area contributed by atoms with Crippen molar-refractivity contribution in [1.29, 1.82) is 5.41 Å². The quantitative estimate of drug-likeness (QED) is 0.627. The van der Waals surface area contributed by atoms with Gasteiger partial charge in [0.15, 0.2) is 28.7 Å². The van der Waals surface area contributed by atoms with E-state index in [2.05, 4.69) is 9.97 Å². The van der Waals surface area contributed by atoms with E-state index in [1.807, 2.05) is 0 Å². The molecule has 0 bridgehead atoms. The molecule has 0 unspecified atom stereocenters. The molecule has 2 fully saturated rings. The summed E-state index contributed by atoms with van der Waals surface area (Å²) in [5, 5.41) is 26.8. The number of hydrogen-bond acceptors (Lipinski definition) is 8. The Morgan fingerprint density at radius 2 is 2.00 bits per heavy atom. The van der Waals surface area contributed by atoms with Gasteiger partial charge in [0.2, 0.25) is 0 Å². The number of fused-ring (bicyclic) bond motifs is 2. The second kappa shape index (κ2) is 4.74. The van der Waals surface area contributed by atoms with E-state index < -0.39 is 30.3 Å². The monoisotopic (exact) mass is 323 g/mol. The van der Waals surface area contributed by atoms with Crippen LogP contribution >= 0.6 is 0 Å². The van der Waals surface area contributed by atoms with Crippen molar-refractivity contribution in [2.24, 2.45) is 0 Å². The number of aromatic nitrogens is 4. The number of nitrogens with one attached hydrogen (secondary N) is 1. The smallest absolute Gasteiger partial charge is 0.192 e. The molecule has 4 rings (SSSR count). The topological polar surface area (TPSA) is 128 Å². The van der Waals surface area contributed by atoms with Gasteiger partial charge >= 0.3 is 0 Å². The first kappa shape index (κ1) is 14.6. The van der Waals surface area contributed by atoms with Crippen LogP contribution in [0.1, 0.15) is 20.1 Å². The van der Waals surface area contributed by atoms with Crippen LogP contribution in [0.2, 0.25) is 0 Å². The van der Waals surface area contributed by atoms with Crippen LogP contribution in [0.4, 0.5) is 0 Å². The van der Waals surface area contributed by atoms with Crippen LogP contribution in [0.5, 0.6) is 0 Å². The number of nitrogens with zero attached hydrogens (tertiary/aromatic N) is 4. The van der Waals surface area contributed by atoms with Crippen LogP contribution in [-0.4, -0.2) is 60.3 Å². The lowest BCUT2D eigenvalue weighted by Gasteiger charge is -2.24. The lowest BCUT2D eigenvalue weighted by molar-refractivity contribution is -0.199. The highest BCUT2D eigenvalue weighted by Crippen LogP contribution is 2.43. The summed E-state index contributed by atoms with van der Waals surface area (Å²) in [4.78, 5) is 8.22. The highest BCUT2D eigenvalue weighted by atomic mass is 16.8. The summed E-state index contributed by atoms with van der Waals surface area (Å²) in [6.07, 6.45) is 0.647. The van der Waals surface area contributed by atoms with E-state index in [-0.39, 0.29) is 17.6 Å². The molecular formula is C13H17N5O5. The zero-order valence-corrected chi connectivity index (χ0v) is 12.6. The summed E-state index contributed by atoms with van der Waals surface area (Å²) in [5.41, 5.74) is 0.447. The average molecular weight is 323 g/mol. The molecule has 3 N–H and O–H groups in total. The average Bonchev–Trinajstić information content (AvgIpc) is 3.13. The van der Waals surface area contributed by atoms with Crippen molar-refractivity contribution in [1.82, 2.24) is 19.3 Å². The first-order valence-electron chi connectivity index (χ1n) is 7.21. The number of ether oxygens (including phenoxy) is 3. The van der Waals surface area contributed by atoms with E-state index in [1.165, 1.54) is 6.33 Å². The van der Waals surface area contributed by atoms with E-state index in [0.29, 0.717) is 10.4 Å². The molecule has 2 aromatic heterocycles. The van der Waals surface area contributed by atoms with E-state index >= 15 is 0 Å². The fourth-order valence-corrected chi connectivity index (χ4v) is 3.14. The molecule has 124 valence electrons. The molecule has 0 amide bonds. The van der Waals surface area contributed by atoms with Gasteiger partial charge in [-0.15, -0.1) is 0 Å². The summed E-state index contributed by atoms with van der Waals surface area (Å²) < 4.78 is 19.8. The fourth-order valence-electron chi connectivity index (χ4n) is 3.14. The van der Waals surface area contributed by atoms with Crippen molar-refractivity contribution in [2.45, 2.75) is 44.2 Å². The maximum absolute atomic E-state index is 9.52. The van der Waals surface area contributed by atoms with Gasteiger partial charge in [0.25, 0.3) is 0 Å². The highest BCUT2D eigenvalue weighted by Gasteiger charge is 2.55. The molecule has 0 aliphatic carbocycles. The van der Waals surface area contributed by atoms with Crippen LogP contribution in [0, 0.1) is 5.41 Å². The van der Waals surface area contributed by atoms with Gasteiger partial charge in [-0.3, -0.25) is 9.98 Å². The van der Waals surface area contributed by atoms with Crippen molar-refractivity contribution >= 4 is 11.2 Å². The molecule has 2 aliphatic heterocycles. The molecule has 0 saturated carbocycles. The third kappa shape index (κ3) is 2.06. The number of rotatable bonds is 2. The molecule has 0 spiro atoms. The summed E-state index contributed by atoms with van der Waals surface area (Å²) >= 11 is 0. The van der Waals surface area contributed by atoms with Crippen LogP contribution in [0.15, 0.2) is 12.7 Å². The Morgan fingerprint density at radius 1 is 1.26 bits per heavy atom. The molecule has 2 aromatic rings. The molecule has 10 heteroatoms. The Labute approximate surface area is 130 Å². The maximum atomic E-state index is 9.52. The van der Waals surface area contributed by atoms with E-state index in [9.17, 15) is 10.3 Å². The van der Waals surface area contributed by atoms with Crippen molar-refractivity contribution in [3.63, 3.8) is 0 Å². The van der Waals surface area contributed by atoms with Crippen LogP contribution < -0.4 is 5.49 Å². The predicted molar refractivity (Wildman–Crippen MR) is 73.4 cm³/mol. The molecule has 23 heavy (non-hydrogen) atoms. The molecule has 2 aliphatic rings. The lowest BCUT2D eigenvalue weighted by Crippen LogP contribution is -2.31. The van der Waals surface area contributed by atoms with Crippen LogP contribution in [-0.2, 0) is 14.2 Å². The number of hydrogen-bond donors (Lipinski definition) is 3. The zero-order valence-electron chi connectivity index (χ0n) is 12.6. The van der Waals surface area contributed by atoms with Gasteiger partial charge in [-0.1, -0.05) is 0 Å². The third-order valence-corrected chi connectivity index (χ3v) is 4.09. The van der Waals surface area contributed by atoms with Crippen molar-refractivity contribution in [3.8, 4) is 0 Å². The molecule has 4 heterocycles. The standard InChI is InChI=1S/C13H17N5O5/c1-13(2)22-8-6(3-19)21-12(9(8)23-13)17-4-15-7-10(14)18(20)5-16-11(7)17/h4-6,8-9,12,14,19-20H,3H2,1-2H3/t6-,8-,9-,12-/m1/s1. The Morgan fingerprint density at radius 3 is 2.74 bits per heavy atom. The van der Waals surface area contributed by atoms with E-state index in [4.69, 9.17) is 19.6 Å². The van der Waals surface area contributed by atoms with Crippen LogP contribution in [0.3, 0.4) is 0 Å². The Bertz CT molecular complexity index is 815. The molecule has 4 atom stereocenters. The second-order valence-electron chi connectivity index (χ2n) is 6.07. The molecule has 0 radical (unpaired) electrons. The Kier molecular flexibility index (Phi) is 3.00. The van der Waals surface area contributed by atoms with Crippen molar-refractivity contribution in [2.75, 3.05) is 6.61 Å². The normalized spacial score (nSPS) is 32.5. The van der Waals surface area contributed by atoms with Gasteiger partial charge in [0.1, 0.15) is 24.6 Å². The van der Waals surface area contributed by atoms with Crippen molar-refractivity contribution < 1.29 is 24.5 Å². The zero-order chi connectivity index (χ0) is 16.4. The maximum Gasteiger partial charge on any atom is 0.192 e. The van der Waals surface area contributed by atoms with Gasteiger partial charge in [-0.05, 0) is 13.8 Å². The first-order valence-corrected chi connectivity index (χ1v) is 7.21. The Balaban J connectivity index is 1.79. The van der Waals surface area contributed by atoms with Gasteiger partial charge in [0.05, 0.1) is 12.9 Å². The largest absolute Gasteiger partial charge is 0.425 e. The summed E-state index contributed by atoms with van der Waals surface area (Å²) in [5.74, 6) is -0.775. The van der Waals surface area contributed by atoms with Gasteiger partial charge < -0.3 is 24.5 Å². The first-order chi connectivity index (χ1) is 10.9. The SMILES string of the molecule is CC1(C)O[C@@H]2[C@H](O1)[C@@H](CO)O[C@H]2n1cnc2c(=N)n(O)cnc21. The minimum Gasteiger partial charge on any atom is -0.425 e. The van der Waals surface area contributed by atoms with Gasteiger partial charge in [-0.2, -0.15) is 4.73 Å². The summed E-state index contributed by atoms with van der Waals surface area (Å²) in [6.45, 7) is 3.41. The minimum atomic E-state index is -0.775. The summed E-state index contributed by atoms with van der Waals surface area (Å²) in [7, 11) is 0. The van der Waals surface area contributed by atoms with Crippen LogP contribution in [0.25, 0.3) is 11.2 Å². The second-order valence-corrected chi connectivity index (χ2v) is 6.07. The number of imidazole rings is 1. The molecule has 0 aromatic carbocycles. The third-order valence-electron chi connectivity index (χ3n) is 4.09. The van der Waals surface area contributed by atoms with E-state index in [1.54, 1.807) is 18.4 Å². The molecule has 2 saturated heterocycles. The number of aliphatic hydroxyl groups excluding tert-OH is 1. The van der Waals surface area contributed by atoms with Gasteiger partial charge in [-0.25, -0.2) is 9.97 Å². The lowest BCUT2D eigenvalue weighted by atomic mass is 10.1. The predicted octanol–water partition coefficient (Wildman–Crippen LogP) is -0.641.